The number of hydrogen-bond donors (Lipinski definition) is 2. The third kappa shape index (κ3) is 7.48. The Morgan fingerprint density at radius 2 is 1.88 bits per heavy atom. The van der Waals surface area contributed by atoms with Gasteiger partial charge in [0, 0.05) is 32.5 Å². The molecule has 0 aromatic carbocycles. The van der Waals surface area contributed by atoms with Crippen LogP contribution in [0.3, 0.4) is 0 Å². The number of hydrogen-bond acceptors (Lipinski definition) is 6. The third-order valence-corrected chi connectivity index (χ3v) is 4.61. The normalized spacial score (nSPS) is 11.9. The predicted octanol–water partition coefficient (Wildman–Crippen LogP) is 0.343. The Labute approximate surface area is 147 Å². The van der Waals surface area contributed by atoms with Crippen LogP contribution in [0.25, 0.3) is 0 Å². The number of ether oxygens (including phenoxy) is 1. The number of rotatable bonds is 7. The Hall–Kier alpha value is -2.20. The Morgan fingerprint density at radius 1 is 1.24 bits per heavy atom. The van der Waals surface area contributed by atoms with Crippen molar-refractivity contribution < 1.29 is 22.7 Å². The summed E-state index contributed by atoms with van der Waals surface area (Å²) < 4.78 is 30.5. The second-order valence-corrected chi connectivity index (χ2v) is 8.27. The minimum atomic E-state index is -3.78. The van der Waals surface area contributed by atoms with Gasteiger partial charge in [-0.25, -0.2) is 13.2 Å². The predicted molar refractivity (Wildman–Crippen MR) is 91.3 cm³/mol. The van der Waals surface area contributed by atoms with Gasteiger partial charge in [0.25, 0.3) is 0 Å². The first-order chi connectivity index (χ1) is 11.5. The van der Waals surface area contributed by atoms with Gasteiger partial charge < -0.3 is 15.4 Å². The molecule has 140 valence electrons. The molecule has 2 amide bonds. The van der Waals surface area contributed by atoms with Crippen molar-refractivity contribution in [2.75, 3.05) is 26.7 Å². The highest BCUT2D eigenvalue weighted by molar-refractivity contribution is 7.89. The van der Waals surface area contributed by atoms with E-state index in [0.29, 0.717) is 0 Å². The molecule has 0 bridgehead atoms. The molecule has 2 N–H and O–H groups in total. The SMILES string of the molecule is CN(CC(=O)NCCNC(=O)OC(C)(C)C)S(=O)(=O)c1cccnc1. The first-order valence-electron chi connectivity index (χ1n) is 7.62. The zero-order valence-corrected chi connectivity index (χ0v) is 15.6. The van der Waals surface area contributed by atoms with Gasteiger partial charge in [-0.2, -0.15) is 4.31 Å². The molecule has 10 heteroatoms. The molecule has 25 heavy (non-hydrogen) atoms. The van der Waals surface area contributed by atoms with E-state index in [0.717, 1.165) is 4.31 Å². The van der Waals surface area contributed by atoms with Crippen molar-refractivity contribution in [3.63, 3.8) is 0 Å². The number of alkyl carbamates (subject to hydrolysis) is 1. The summed E-state index contributed by atoms with van der Waals surface area (Å²) in [6, 6.07) is 2.91. The molecule has 1 aromatic rings. The molecule has 9 nitrogen and oxygen atoms in total. The second kappa shape index (κ2) is 8.77. The zero-order chi connectivity index (χ0) is 19.1. The largest absolute Gasteiger partial charge is 0.444 e. The second-order valence-electron chi connectivity index (χ2n) is 6.23. The lowest BCUT2D eigenvalue weighted by Gasteiger charge is -2.20. The smallest absolute Gasteiger partial charge is 0.407 e. The van der Waals surface area contributed by atoms with Gasteiger partial charge in [-0.1, -0.05) is 0 Å². The van der Waals surface area contributed by atoms with E-state index in [4.69, 9.17) is 4.74 Å². The lowest BCUT2D eigenvalue weighted by molar-refractivity contribution is -0.121. The molecule has 0 saturated heterocycles. The van der Waals surface area contributed by atoms with Crippen LogP contribution in [0.5, 0.6) is 0 Å². The molecule has 0 unspecified atom stereocenters. The average Bonchev–Trinajstić information content (AvgIpc) is 2.50. The number of carbonyl (C=O) groups excluding carboxylic acids is 2. The molecule has 1 aromatic heterocycles. The Kier molecular flexibility index (Phi) is 7.31. The molecule has 1 rings (SSSR count). The highest BCUT2D eigenvalue weighted by atomic mass is 32.2. The quantitative estimate of drug-likeness (QED) is 0.667. The third-order valence-electron chi connectivity index (χ3n) is 2.82. The highest BCUT2D eigenvalue weighted by Crippen LogP contribution is 2.11. The van der Waals surface area contributed by atoms with Crippen LogP contribution >= 0.6 is 0 Å². The number of aromatic nitrogens is 1. The number of carbonyl (C=O) groups is 2. The molecule has 0 spiro atoms. The maximum absolute atomic E-state index is 12.3. The van der Waals surface area contributed by atoms with Crippen LogP contribution in [0, 0.1) is 0 Å². The minimum Gasteiger partial charge on any atom is -0.444 e. The lowest BCUT2D eigenvalue weighted by Crippen LogP contribution is -2.42. The fourth-order valence-corrected chi connectivity index (χ4v) is 2.80. The van der Waals surface area contributed by atoms with Gasteiger partial charge in [0.05, 0.1) is 6.54 Å². The summed E-state index contributed by atoms with van der Waals surface area (Å²) in [5, 5.41) is 5.01. The summed E-state index contributed by atoms with van der Waals surface area (Å²) in [6.45, 7) is 5.20. The molecule has 1 heterocycles. The summed E-state index contributed by atoms with van der Waals surface area (Å²) >= 11 is 0. The van der Waals surface area contributed by atoms with Gasteiger partial charge in [-0.05, 0) is 32.9 Å². The van der Waals surface area contributed by atoms with Crippen molar-refractivity contribution in [3.8, 4) is 0 Å². The Bertz CT molecular complexity index is 686. The molecule has 0 fully saturated rings. The fourth-order valence-electron chi connectivity index (χ4n) is 1.70. The van der Waals surface area contributed by atoms with Gasteiger partial charge >= 0.3 is 6.09 Å². The molecule has 0 aliphatic heterocycles. The standard InChI is InChI=1S/C15H24N4O5S/c1-15(2,3)24-14(21)18-9-8-17-13(20)11-19(4)25(22,23)12-6-5-7-16-10-12/h5-7,10H,8-9,11H2,1-4H3,(H,17,20)(H,18,21). The molecule has 0 radical (unpaired) electrons. The van der Waals surface area contributed by atoms with Crippen molar-refractivity contribution in [2.24, 2.45) is 0 Å². The van der Waals surface area contributed by atoms with Crippen LogP contribution in [0.15, 0.2) is 29.4 Å². The molecular formula is C15H24N4O5S. The van der Waals surface area contributed by atoms with Crippen molar-refractivity contribution in [1.82, 2.24) is 19.9 Å². The minimum absolute atomic E-state index is 0.0110. The maximum atomic E-state index is 12.3. The van der Waals surface area contributed by atoms with E-state index in [1.54, 1.807) is 20.8 Å². The van der Waals surface area contributed by atoms with Gasteiger partial charge in [0.15, 0.2) is 0 Å². The molecule has 0 aliphatic carbocycles. The number of nitrogens with zero attached hydrogens (tertiary/aromatic N) is 2. The number of likely N-dealkylation sites (N-methyl/N-ethyl adjacent to an activating group) is 1. The lowest BCUT2D eigenvalue weighted by atomic mass is 10.2. The van der Waals surface area contributed by atoms with Gasteiger partial charge in [-0.3, -0.25) is 9.78 Å². The van der Waals surface area contributed by atoms with Gasteiger partial charge in [-0.15, -0.1) is 0 Å². The summed E-state index contributed by atoms with van der Waals surface area (Å²) in [5.41, 5.74) is -0.600. The van der Waals surface area contributed by atoms with Crippen molar-refractivity contribution in [2.45, 2.75) is 31.3 Å². The summed E-state index contributed by atoms with van der Waals surface area (Å²) in [7, 11) is -2.47. The summed E-state index contributed by atoms with van der Waals surface area (Å²) in [4.78, 5) is 27.0. The van der Waals surface area contributed by atoms with Gasteiger partial charge in [0.1, 0.15) is 10.5 Å². The summed E-state index contributed by atoms with van der Waals surface area (Å²) in [5.74, 6) is -0.485. The van der Waals surface area contributed by atoms with Crippen LogP contribution in [0.1, 0.15) is 20.8 Å². The maximum Gasteiger partial charge on any atom is 0.407 e. The van der Waals surface area contributed by atoms with E-state index in [-0.39, 0.29) is 24.5 Å². The van der Waals surface area contributed by atoms with Crippen molar-refractivity contribution in [3.05, 3.63) is 24.5 Å². The average molecular weight is 372 g/mol. The van der Waals surface area contributed by atoms with Crippen molar-refractivity contribution in [1.29, 1.82) is 0 Å². The fraction of sp³-hybridized carbons (Fsp3) is 0.533. The van der Waals surface area contributed by atoms with E-state index in [2.05, 4.69) is 15.6 Å². The molecule has 0 atom stereocenters. The van der Waals surface area contributed by atoms with Crippen molar-refractivity contribution >= 4 is 22.0 Å². The van der Waals surface area contributed by atoms with Crippen LogP contribution < -0.4 is 10.6 Å². The van der Waals surface area contributed by atoms with E-state index in [1.807, 2.05) is 0 Å². The monoisotopic (exact) mass is 372 g/mol. The number of nitrogens with one attached hydrogen (secondary N) is 2. The van der Waals surface area contributed by atoms with Crippen LogP contribution in [-0.2, 0) is 19.6 Å². The Morgan fingerprint density at radius 3 is 2.44 bits per heavy atom. The molecule has 0 aliphatic rings. The van der Waals surface area contributed by atoms with Gasteiger partial charge in [0.2, 0.25) is 15.9 Å². The van der Waals surface area contributed by atoms with Crippen LogP contribution in [-0.4, -0.2) is 62.0 Å². The number of pyridine rings is 1. The van der Waals surface area contributed by atoms with Crippen LogP contribution in [0.2, 0.25) is 0 Å². The van der Waals surface area contributed by atoms with E-state index in [1.165, 1.54) is 31.6 Å². The first kappa shape index (κ1) is 20.8. The summed E-state index contributed by atoms with van der Waals surface area (Å²) in [6.07, 6.45) is 2.09. The molecule has 0 saturated carbocycles. The zero-order valence-electron chi connectivity index (χ0n) is 14.8. The highest BCUT2D eigenvalue weighted by Gasteiger charge is 2.23. The van der Waals surface area contributed by atoms with E-state index < -0.39 is 27.6 Å². The molecular weight excluding hydrogens is 348 g/mol. The first-order valence-corrected chi connectivity index (χ1v) is 9.06. The van der Waals surface area contributed by atoms with E-state index >= 15 is 0 Å². The van der Waals surface area contributed by atoms with E-state index in [9.17, 15) is 18.0 Å². The topological polar surface area (TPSA) is 118 Å². The number of sulfonamides is 1. The Balaban J connectivity index is 2.38. The van der Waals surface area contributed by atoms with Crippen LogP contribution in [0.4, 0.5) is 4.79 Å². The number of amides is 2.